The van der Waals surface area contributed by atoms with Gasteiger partial charge in [0.1, 0.15) is 4.88 Å². The summed E-state index contributed by atoms with van der Waals surface area (Å²) in [6, 6.07) is 0. The molecule has 0 amide bonds. The molecule has 0 bridgehead atoms. The zero-order valence-corrected chi connectivity index (χ0v) is 8.94. The number of rotatable bonds is 2. The summed E-state index contributed by atoms with van der Waals surface area (Å²) in [6.45, 7) is 0. The molecule has 0 aliphatic heterocycles. The molecular formula is C7H5BrO4S. The highest BCUT2D eigenvalue weighted by atomic mass is 79.9. The van der Waals surface area contributed by atoms with Crippen LogP contribution in [0.2, 0.25) is 0 Å². The maximum Gasteiger partial charge on any atom is 0.346 e. The highest BCUT2D eigenvalue weighted by Gasteiger charge is 2.22. The Morgan fingerprint density at radius 2 is 2.23 bits per heavy atom. The Hall–Kier alpha value is -0.880. The molecule has 0 atom stereocenters. The van der Waals surface area contributed by atoms with Crippen molar-refractivity contribution in [1.82, 2.24) is 0 Å². The van der Waals surface area contributed by atoms with Crippen LogP contribution >= 0.6 is 27.3 Å². The van der Waals surface area contributed by atoms with Gasteiger partial charge in [-0.3, -0.25) is 0 Å². The van der Waals surface area contributed by atoms with E-state index in [1.54, 1.807) is 0 Å². The topological polar surface area (TPSA) is 63.6 Å². The third kappa shape index (κ3) is 1.89. The Kier molecular flexibility index (Phi) is 3.05. The lowest BCUT2D eigenvalue weighted by Gasteiger charge is -1.98. The number of hydrogen-bond donors (Lipinski definition) is 1. The Morgan fingerprint density at radius 3 is 2.69 bits per heavy atom. The number of hydrogen-bond acceptors (Lipinski definition) is 4. The first-order chi connectivity index (χ1) is 6.07. The van der Waals surface area contributed by atoms with Gasteiger partial charge in [0.25, 0.3) is 0 Å². The molecule has 0 aromatic carbocycles. The van der Waals surface area contributed by atoms with Crippen molar-refractivity contribution in [2.24, 2.45) is 0 Å². The Balaban J connectivity index is 3.24. The van der Waals surface area contributed by atoms with Gasteiger partial charge in [-0.05, 0) is 15.9 Å². The van der Waals surface area contributed by atoms with Crippen LogP contribution in [0.25, 0.3) is 0 Å². The van der Waals surface area contributed by atoms with Crippen molar-refractivity contribution in [2.45, 2.75) is 0 Å². The molecule has 0 aliphatic carbocycles. The lowest BCUT2D eigenvalue weighted by molar-refractivity contribution is 0.0584. The summed E-state index contributed by atoms with van der Waals surface area (Å²) < 4.78 is 4.89. The minimum absolute atomic E-state index is 0.0151. The van der Waals surface area contributed by atoms with Crippen molar-refractivity contribution in [2.75, 3.05) is 7.11 Å². The number of methoxy groups -OCH3 is 1. The number of ether oxygens (including phenoxy) is 1. The van der Waals surface area contributed by atoms with E-state index in [1.807, 2.05) is 0 Å². The molecule has 0 radical (unpaired) electrons. The van der Waals surface area contributed by atoms with E-state index >= 15 is 0 Å². The summed E-state index contributed by atoms with van der Waals surface area (Å²) in [6.07, 6.45) is 0. The second kappa shape index (κ2) is 3.89. The Labute approximate surface area is 86.3 Å². The molecule has 0 unspecified atom stereocenters. The van der Waals surface area contributed by atoms with Crippen molar-refractivity contribution >= 4 is 39.2 Å². The second-order valence-electron chi connectivity index (χ2n) is 2.08. The van der Waals surface area contributed by atoms with Gasteiger partial charge < -0.3 is 9.84 Å². The molecule has 6 heteroatoms. The van der Waals surface area contributed by atoms with Crippen LogP contribution in [0.4, 0.5) is 0 Å². The summed E-state index contributed by atoms with van der Waals surface area (Å²) in [4.78, 5) is 21.7. The molecule has 0 aliphatic rings. The second-order valence-corrected chi connectivity index (χ2v) is 3.82. The minimum atomic E-state index is -1.13. The maximum atomic E-state index is 11.1. The van der Waals surface area contributed by atoms with E-state index < -0.39 is 11.9 Å². The summed E-state index contributed by atoms with van der Waals surface area (Å²) >= 11 is 4.05. The molecular weight excluding hydrogens is 260 g/mol. The molecule has 0 saturated carbocycles. The van der Waals surface area contributed by atoms with Gasteiger partial charge in [-0.2, -0.15) is 0 Å². The third-order valence-corrected chi connectivity index (χ3v) is 3.23. The lowest BCUT2D eigenvalue weighted by Crippen LogP contribution is -2.07. The fourth-order valence-corrected chi connectivity index (χ4v) is 2.31. The van der Waals surface area contributed by atoms with Crippen molar-refractivity contribution in [3.05, 3.63) is 20.3 Å². The highest BCUT2D eigenvalue weighted by Crippen LogP contribution is 2.27. The largest absolute Gasteiger partial charge is 0.477 e. The zero-order valence-electron chi connectivity index (χ0n) is 6.54. The van der Waals surface area contributed by atoms with E-state index in [4.69, 9.17) is 5.11 Å². The molecule has 1 N–H and O–H groups in total. The number of aromatic carboxylic acids is 1. The first-order valence-corrected chi connectivity index (χ1v) is 4.83. The van der Waals surface area contributed by atoms with Crippen molar-refractivity contribution in [3.63, 3.8) is 0 Å². The van der Waals surface area contributed by atoms with Crippen LogP contribution in [0, 0.1) is 0 Å². The van der Waals surface area contributed by atoms with Gasteiger partial charge in [0, 0.05) is 9.85 Å². The molecule has 0 saturated heterocycles. The molecule has 0 spiro atoms. The molecule has 70 valence electrons. The maximum absolute atomic E-state index is 11.1. The van der Waals surface area contributed by atoms with Crippen LogP contribution in [0.15, 0.2) is 9.85 Å². The third-order valence-electron chi connectivity index (χ3n) is 1.33. The van der Waals surface area contributed by atoms with Gasteiger partial charge in [0.05, 0.1) is 12.7 Å². The smallest absolute Gasteiger partial charge is 0.346 e. The highest BCUT2D eigenvalue weighted by molar-refractivity contribution is 9.10. The first-order valence-electron chi connectivity index (χ1n) is 3.16. The number of halogens is 1. The van der Waals surface area contributed by atoms with Crippen LogP contribution in [-0.2, 0) is 4.74 Å². The number of carboxylic acids is 1. The summed E-state index contributed by atoms with van der Waals surface area (Å²) in [5.74, 6) is -1.78. The van der Waals surface area contributed by atoms with Crippen LogP contribution in [0.3, 0.4) is 0 Å². The molecule has 13 heavy (non-hydrogen) atoms. The molecule has 0 fully saturated rings. The van der Waals surface area contributed by atoms with Gasteiger partial charge >= 0.3 is 11.9 Å². The lowest BCUT2D eigenvalue weighted by atomic mass is 10.2. The van der Waals surface area contributed by atoms with Gasteiger partial charge in [0.15, 0.2) is 0 Å². The molecule has 1 rings (SSSR count). The zero-order chi connectivity index (χ0) is 10.0. The SMILES string of the molecule is COC(=O)c1c(Br)csc1C(=O)O. The van der Waals surface area contributed by atoms with Crippen molar-refractivity contribution < 1.29 is 19.4 Å². The quantitative estimate of drug-likeness (QED) is 0.830. The summed E-state index contributed by atoms with van der Waals surface area (Å²) in [5.41, 5.74) is 0.0694. The van der Waals surface area contributed by atoms with E-state index in [-0.39, 0.29) is 10.4 Å². The standard InChI is InChI=1S/C7H5BrO4S/c1-12-7(11)4-3(8)2-13-5(4)6(9)10/h2H,1H3,(H,9,10). The number of carboxylic acid groups (broad SMARTS) is 1. The monoisotopic (exact) mass is 264 g/mol. The molecule has 1 heterocycles. The summed E-state index contributed by atoms with van der Waals surface area (Å²) in [7, 11) is 1.21. The predicted octanol–water partition coefficient (Wildman–Crippen LogP) is 2.00. The number of thiophene rings is 1. The van der Waals surface area contributed by atoms with Gasteiger partial charge in [0.2, 0.25) is 0 Å². The molecule has 1 aromatic rings. The van der Waals surface area contributed by atoms with E-state index in [0.717, 1.165) is 11.3 Å². The Bertz CT molecular complexity index is 357. The predicted molar refractivity (Wildman–Crippen MR) is 50.3 cm³/mol. The average Bonchev–Trinajstić information content (AvgIpc) is 2.46. The van der Waals surface area contributed by atoms with Gasteiger partial charge in [-0.25, -0.2) is 9.59 Å². The fourth-order valence-electron chi connectivity index (χ4n) is 0.787. The van der Waals surface area contributed by atoms with Crippen molar-refractivity contribution in [3.8, 4) is 0 Å². The molecule has 1 aromatic heterocycles. The van der Waals surface area contributed by atoms with E-state index in [0.29, 0.717) is 4.47 Å². The van der Waals surface area contributed by atoms with Crippen LogP contribution in [-0.4, -0.2) is 24.2 Å². The van der Waals surface area contributed by atoms with Gasteiger partial charge in [-0.15, -0.1) is 11.3 Å². The number of carbonyl (C=O) groups excluding carboxylic acids is 1. The Morgan fingerprint density at radius 1 is 1.62 bits per heavy atom. The normalized spacial score (nSPS) is 9.69. The van der Waals surface area contributed by atoms with E-state index in [9.17, 15) is 9.59 Å². The number of esters is 1. The fraction of sp³-hybridized carbons (Fsp3) is 0.143. The molecule has 4 nitrogen and oxygen atoms in total. The van der Waals surface area contributed by atoms with Crippen molar-refractivity contribution in [1.29, 1.82) is 0 Å². The minimum Gasteiger partial charge on any atom is -0.477 e. The van der Waals surface area contributed by atoms with Gasteiger partial charge in [-0.1, -0.05) is 0 Å². The number of carbonyl (C=O) groups is 2. The average molecular weight is 265 g/mol. The van der Waals surface area contributed by atoms with Crippen LogP contribution in [0.1, 0.15) is 20.0 Å². The van der Waals surface area contributed by atoms with Crippen LogP contribution < -0.4 is 0 Å². The first kappa shape index (κ1) is 10.2. The summed E-state index contributed by atoms with van der Waals surface area (Å²) in [5, 5.41) is 10.2. The van der Waals surface area contributed by atoms with E-state index in [2.05, 4.69) is 20.7 Å². The van der Waals surface area contributed by atoms with E-state index in [1.165, 1.54) is 12.5 Å². The van der Waals surface area contributed by atoms with Crippen LogP contribution in [0.5, 0.6) is 0 Å².